The lowest BCUT2D eigenvalue weighted by Crippen LogP contribution is -2.29. The van der Waals surface area contributed by atoms with Gasteiger partial charge in [-0.3, -0.25) is 4.79 Å². The first kappa shape index (κ1) is 18.1. The highest BCUT2D eigenvalue weighted by Gasteiger charge is 2.10. The summed E-state index contributed by atoms with van der Waals surface area (Å²) in [4.78, 5) is 14.3. The summed E-state index contributed by atoms with van der Waals surface area (Å²) in [5, 5.41) is 3.46. The average molecular weight is 332 g/mol. The molecule has 0 aliphatic rings. The second-order valence-electron chi connectivity index (χ2n) is 5.39. The second-order valence-corrected chi connectivity index (χ2v) is 6.21. The Morgan fingerprint density at radius 2 is 1.86 bits per heavy atom. The van der Waals surface area contributed by atoms with Crippen LogP contribution in [0.4, 0.5) is 5.69 Å². The molecule has 1 rings (SSSR count). The van der Waals surface area contributed by atoms with E-state index in [1.807, 2.05) is 0 Å². The summed E-state index contributed by atoms with van der Waals surface area (Å²) < 4.78 is 0. The highest BCUT2D eigenvalue weighted by Crippen LogP contribution is 2.28. The molecule has 118 valence electrons. The molecule has 4 nitrogen and oxygen atoms in total. The van der Waals surface area contributed by atoms with Gasteiger partial charge >= 0.3 is 0 Å². The number of rotatable bonds is 7. The van der Waals surface area contributed by atoms with Gasteiger partial charge in [-0.1, -0.05) is 23.2 Å². The lowest BCUT2D eigenvalue weighted by molar-refractivity contribution is 0.0952. The number of nitrogens with one attached hydrogen (secondary N) is 1. The zero-order chi connectivity index (χ0) is 16.0. The Labute approximate surface area is 136 Å². The number of amides is 1. The summed E-state index contributed by atoms with van der Waals surface area (Å²) in [6.07, 6.45) is 1.97. The van der Waals surface area contributed by atoms with Crippen LogP contribution in [0.25, 0.3) is 0 Å². The lowest BCUT2D eigenvalue weighted by Gasteiger charge is -2.20. The number of nitrogens with zero attached hydrogens (tertiary/aromatic N) is 1. The maximum atomic E-state index is 12.0. The van der Waals surface area contributed by atoms with Crippen LogP contribution in [-0.2, 0) is 0 Å². The quantitative estimate of drug-likeness (QED) is 0.594. The summed E-state index contributed by atoms with van der Waals surface area (Å²) in [7, 11) is 2.10. The number of benzene rings is 1. The van der Waals surface area contributed by atoms with Crippen LogP contribution < -0.4 is 11.1 Å². The highest BCUT2D eigenvalue weighted by atomic mass is 35.5. The number of carbonyl (C=O) groups excluding carboxylic acids is 1. The lowest BCUT2D eigenvalue weighted by atomic mass is 10.2. The Kier molecular flexibility index (Phi) is 7.29. The maximum Gasteiger partial charge on any atom is 0.251 e. The number of nitrogen functional groups attached to an aromatic ring is 1. The van der Waals surface area contributed by atoms with E-state index >= 15 is 0 Å². The van der Waals surface area contributed by atoms with Crippen molar-refractivity contribution in [1.82, 2.24) is 10.2 Å². The van der Waals surface area contributed by atoms with E-state index in [2.05, 4.69) is 31.1 Å². The molecule has 6 heteroatoms. The summed E-state index contributed by atoms with van der Waals surface area (Å²) in [5.74, 6) is -0.184. The molecule has 1 aromatic carbocycles. The molecular formula is C15H23Cl2N3O. The number of carbonyl (C=O) groups is 1. The Hall–Kier alpha value is -0.970. The van der Waals surface area contributed by atoms with Gasteiger partial charge in [-0.2, -0.15) is 0 Å². The Bertz CT molecular complexity index is 469. The zero-order valence-corrected chi connectivity index (χ0v) is 14.3. The molecule has 3 N–H and O–H groups in total. The van der Waals surface area contributed by atoms with Crippen LogP contribution in [0.1, 0.15) is 37.0 Å². The normalized spacial score (nSPS) is 11.2. The first-order valence-electron chi connectivity index (χ1n) is 7.06. The van der Waals surface area contributed by atoms with Gasteiger partial charge in [0, 0.05) is 18.2 Å². The van der Waals surface area contributed by atoms with Gasteiger partial charge in [0.25, 0.3) is 5.91 Å². The van der Waals surface area contributed by atoms with Crippen LogP contribution in [-0.4, -0.2) is 37.0 Å². The van der Waals surface area contributed by atoms with E-state index in [1.165, 1.54) is 12.1 Å². The van der Waals surface area contributed by atoms with Crippen molar-refractivity contribution >= 4 is 34.8 Å². The van der Waals surface area contributed by atoms with Crippen molar-refractivity contribution in [2.45, 2.75) is 32.7 Å². The molecular weight excluding hydrogens is 309 g/mol. The molecule has 0 saturated carbocycles. The molecule has 1 aromatic rings. The topological polar surface area (TPSA) is 58.4 Å². The van der Waals surface area contributed by atoms with Gasteiger partial charge in [-0.15, -0.1) is 0 Å². The summed E-state index contributed by atoms with van der Waals surface area (Å²) in [5.41, 5.74) is 6.37. The van der Waals surface area contributed by atoms with Gasteiger partial charge in [0.2, 0.25) is 0 Å². The largest absolute Gasteiger partial charge is 0.396 e. The number of halogens is 2. The van der Waals surface area contributed by atoms with Gasteiger partial charge in [0.15, 0.2) is 0 Å². The fraction of sp³-hybridized carbons (Fsp3) is 0.533. The molecule has 0 radical (unpaired) electrons. The molecule has 0 aliphatic heterocycles. The van der Waals surface area contributed by atoms with E-state index in [9.17, 15) is 4.79 Å². The number of hydrogen-bond acceptors (Lipinski definition) is 3. The van der Waals surface area contributed by atoms with Crippen molar-refractivity contribution in [2.24, 2.45) is 0 Å². The van der Waals surface area contributed by atoms with Crippen molar-refractivity contribution in [3.63, 3.8) is 0 Å². The Morgan fingerprint density at radius 3 is 2.38 bits per heavy atom. The van der Waals surface area contributed by atoms with Gasteiger partial charge < -0.3 is 16.0 Å². The summed E-state index contributed by atoms with van der Waals surface area (Å²) in [6, 6.07) is 3.61. The van der Waals surface area contributed by atoms with E-state index in [1.54, 1.807) is 0 Å². The fourth-order valence-corrected chi connectivity index (χ4v) is 2.25. The van der Waals surface area contributed by atoms with E-state index < -0.39 is 0 Å². The zero-order valence-electron chi connectivity index (χ0n) is 12.7. The summed E-state index contributed by atoms with van der Waals surface area (Å²) in [6.45, 7) is 5.98. The van der Waals surface area contributed by atoms with Crippen LogP contribution in [0.5, 0.6) is 0 Å². The van der Waals surface area contributed by atoms with E-state index in [0.29, 0.717) is 33.9 Å². The van der Waals surface area contributed by atoms with Gasteiger partial charge in [-0.05, 0) is 52.4 Å². The highest BCUT2D eigenvalue weighted by molar-refractivity contribution is 6.39. The van der Waals surface area contributed by atoms with Crippen molar-refractivity contribution in [3.8, 4) is 0 Å². The molecule has 0 saturated heterocycles. The van der Waals surface area contributed by atoms with Crippen LogP contribution >= 0.6 is 23.2 Å². The summed E-state index contributed by atoms with van der Waals surface area (Å²) >= 11 is 11.8. The van der Waals surface area contributed by atoms with Crippen molar-refractivity contribution in [1.29, 1.82) is 0 Å². The van der Waals surface area contributed by atoms with Crippen LogP contribution in [0.15, 0.2) is 12.1 Å². The predicted octanol–water partition coefficient (Wildman–Crippen LogP) is 3.43. The first-order valence-corrected chi connectivity index (χ1v) is 7.81. The molecule has 0 aliphatic carbocycles. The van der Waals surface area contributed by atoms with Crippen LogP contribution in [0.3, 0.4) is 0 Å². The van der Waals surface area contributed by atoms with Crippen LogP contribution in [0.2, 0.25) is 10.0 Å². The van der Waals surface area contributed by atoms with E-state index in [4.69, 9.17) is 28.9 Å². The maximum absolute atomic E-state index is 12.0. The number of unbranched alkanes of at least 4 members (excludes halogenated alkanes) is 1. The minimum Gasteiger partial charge on any atom is -0.396 e. The SMILES string of the molecule is CC(C)N(C)CCCCNC(=O)c1cc(Cl)c(N)c(Cl)c1. The third kappa shape index (κ3) is 5.73. The first-order chi connectivity index (χ1) is 9.82. The van der Waals surface area contributed by atoms with Crippen molar-refractivity contribution in [2.75, 3.05) is 25.9 Å². The minimum atomic E-state index is -0.184. The van der Waals surface area contributed by atoms with Crippen molar-refractivity contribution in [3.05, 3.63) is 27.7 Å². The van der Waals surface area contributed by atoms with Gasteiger partial charge in [0.1, 0.15) is 0 Å². The third-order valence-corrected chi connectivity index (χ3v) is 4.07. The minimum absolute atomic E-state index is 0.184. The molecule has 0 fully saturated rings. The van der Waals surface area contributed by atoms with Gasteiger partial charge in [-0.25, -0.2) is 0 Å². The predicted molar refractivity (Wildman–Crippen MR) is 90.2 cm³/mol. The molecule has 0 atom stereocenters. The third-order valence-electron chi connectivity index (χ3n) is 3.45. The monoisotopic (exact) mass is 331 g/mol. The second kappa shape index (κ2) is 8.47. The number of hydrogen-bond donors (Lipinski definition) is 2. The molecule has 21 heavy (non-hydrogen) atoms. The van der Waals surface area contributed by atoms with Crippen molar-refractivity contribution < 1.29 is 4.79 Å². The van der Waals surface area contributed by atoms with E-state index in [-0.39, 0.29) is 5.91 Å². The molecule has 0 bridgehead atoms. The number of anilines is 1. The molecule has 0 aromatic heterocycles. The fourth-order valence-electron chi connectivity index (χ4n) is 1.76. The standard InChI is InChI=1S/C15H23Cl2N3O/c1-10(2)20(3)7-5-4-6-19-15(21)11-8-12(16)14(18)13(17)9-11/h8-10H,4-7,18H2,1-3H3,(H,19,21). The molecule has 1 amide bonds. The van der Waals surface area contributed by atoms with Gasteiger partial charge in [0.05, 0.1) is 15.7 Å². The van der Waals surface area contributed by atoms with E-state index in [0.717, 1.165) is 19.4 Å². The molecule has 0 heterocycles. The Balaban J connectivity index is 2.38. The smallest absolute Gasteiger partial charge is 0.251 e. The number of nitrogens with two attached hydrogens (primary N) is 1. The van der Waals surface area contributed by atoms with Crippen LogP contribution in [0, 0.1) is 0 Å². The average Bonchev–Trinajstić information content (AvgIpc) is 2.43. The molecule has 0 unspecified atom stereocenters. The Morgan fingerprint density at radius 1 is 1.29 bits per heavy atom. The molecule has 0 spiro atoms.